The molecule has 0 aromatic carbocycles. The van der Waals surface area contributed by atoms with Crippen molar-refractivity contribution in [2.24, 2.45) is 11.8 Å². The summed E-state index contributed by atoms with van der Waals surface area (Å²) in [6, 6.07) is 0. The van der Waals surface area contributed by atoms with Crippen LogP contribution in [0.1, 0.15) is 68.0 Å². The average Bonchev–Trinajstić information content (AvgIpc) is 3.10. The van der Waals surface area contributed by atoms with Gasteiger partial charge >= 0.3 is 0 Å². The number of ether oxygens (including phenoxy) is 1. The van der Waals surface area contributed by atoms with Crippen LogP contribution in [0.25, 0.3) is 0 Å². The van der Waals surface area contributed by atoms with Crippen LogP contribution in [0.5, 0.6) is 0 Å². The number of thiazole rings is 1. The van der Waals surface area contributed by atoms with Crippen molar-refractivity contribution in [2.75, 3.05) is 7.11 Å². The molecular formula is C17H28N2OS. The largest absolute Gasteiger partial charge is 0.378 e. The summed E-state index contributed by atoms with van der Waals surface area (Å²) in [6.45, 7) is 8.17. The SMILES string of the molecule is COCc1nc(C2CC3CCC2C3)sc1CNC(C)(C)C. The van der Waals surface area contributed by atoms with E-state index < -0.39 is 0 Å². The number of rotatable bonds is 5. The molecule has 3 atom stereocenters. The van der Waals surface area contributed by atoms with Crippen LogP contribution in [0.2, 0.25) is 0 Å². The summed E-state index contributed by atoms with van der Waals surface area (Å²) in [7, 11) is 1.76. The average molecular weight is 308 g/mol. The minimum Gasteiger partial charge on any atom is -0.378 e. The van der Waals surface area contributed by atoms with Crippen LogP contribution in [-0.4, -0.2) is 17.6 Å². The van der Waals surface area contributed by atoms with Gasteiger partial charge in [-0.05, 0) is 51.9 Å². The maximum atomic E-state index is 5.35. The first-order valence-electron chi connectivity index (χ1n) is 8.18. The number of nitrogens with zero attached hydrogens (tertiary/aromatic N) is 1. The Kier molecular flexibility index (Phi) is 4.40. The molecule has 2 aliphatic rings. The molecule has 4 heteroatoms. The lowest BCUT2D eigenvalue weighted by atomic mass is 9.89. The van der Waals surface area contributed by atoms with Crippen LogP contribution in [-0.2, 0) is 17.9 Å². The first-order chi connectivity index (χ1) is 9.96. The fraction of sp³-hybridized carbons (Fsp3) is 0.824. The van der Waals surface area contributed by atoms with Gasteiger partial charge < -0.3 is 10.1 Å². The fourth-order valence-electron chi connectivity index (χ4n) is 3.84. The lowest BCUT2D eigenvalue weighted by Crippen LogP contribution is -2.35. The molecule has 3 nitrogen and oxygen atoms in total. The zero-order valence-electron chi connectivity index (χ0n) is 13.7. The van der Waals surface area contributed by atoms with E-state index in [-0.39, 0.29) is 5.54 Å². The predicted octanol–water partition coefficient (Wildman–Crippen LogP) is 4.08. The van der Waals surface area contributed by atoms with Crippen molar-refractivity contribution in [1.82, 2.24) is 10.3 Å². The highest BCUT2D eigenvalue weighted by molar-refractivity contribution is 7.11. The van der Waals surface area contributed by atoms with Gasteiger partial charge in [-0.1, -0.05) is 6.42 Å². The summed E-state index contributed by atoms with van der Waals surface area (Å²) < 4.78 is 5.35. The monoisotopic (exact) mass is 308 g/mol. The van der Waals surface area contributed by atoms with Crippen LogP contribution in [0, 0.1) is 11.8 Å². The number of methoxy groups -OCH3 is 1. The predicted molar refractivity (Wildman–Crippen MR) is 87.6 cm³/mol. The van der Waals surface area contributed by atoms with Crippen LogP contribution in [0.15, 0.2) is 0 Å². The Balaban J connectivity index is 1.76. The summed E-state index contributed by atoms with van der Waals surface area (Å²) in [5, 5.41) is 4.96. The lowest BCUT2D eigenvalue weighted by Gasteiger charge is -2.20. The van der Waals surface area contributed by atoms with E-state index in [2.05, 4.69) is 26.1 Å². The molecule has 3 unspecified atom stereocenters. The Morgan fingerprint density at radius 1 is 1.29 bits per heavy atom. The first-order valence-corrected chi connectivity index (χ1v) is 9.00. The molecule has 0 radical (unpaired) electrons. The summed E-state index contributed by atoms with van der Waals surface area (Å²) >= 11 is 1.92. The van der Waals surface area contributed by atoms with Crippen molar-refractivity contribution in [1.29, 1.82) is 0 Å². The molecule has 1 aromatic rings. The molecule has 0 amide bonds. The van der Waals surface area contributed by atoms with Gasteiger partial charge in [0.2, 0.25) is 0 Å². The highest BCUT2D eigenvalue weighted by atomic mass is 32.1. The van der Waals surface area contributed by atoms with E-state index in [1.807, 2.05) is 11.3 Å². The molecule has 1 aromatic heterocycles. The topological polar surface area (TPSA) is 34.1 Å². The minimum atomic E-state index is 0.140. The smallest absolute Gasteiger partial charge is 0.0966 e. The molecule has 2 saturated carbocycles. The van der Waals surface area contributed by atoms with E-state index in [1.165, 1.54) is 35.6 Å². The second kappa shape index (κ2) is 5.98. The molecule has 2 fully saturated rings. The Bertz CT molecular complexity index is 491. The van der Waals surface area contributed by atoms with Crippen molar-refractivity contribution in [3.63, 3.8) is 0 Å². The maximum Gasteiger partial charge on any atom is 0.0966 e. The van der Waals surface area contributed by atoms with E-state index in [9.17, 15) is 0 Å². The summed E-state index contributed by atoms with van der Waals surface area (Å²) in [6.07, 6.45) is 5.69. The van der Waals surface area contributed by atoms with Gasteiger partial charge in [-0.15, -0.1) is 11.3 Å². The number of hydrogen-bond donors (Lipinski definition) is 1. The fourth-order valence-corrected chi connectivity index (χ4v) is 5.06. The molecule has 1 N–H and O–H groups in total. The standard InChI is InChI=1S/C17H28N2OS/c1-17(2,3)18-9-15-14(10-20-4)19-16(21-15)13-8-11-5-6-12(13)7-11/h11-13,18H,5-10H2,1-4H3. The van der Waals surface area contributed by atoms with E-state index in [0.29, 0.717) is 6.61 Å². The molecule has 118 valence electrons. The molecule has 0 saturated heterocycles. The number of nitrogens with one attached hydrogen (secondary N) is 1. The van der Waals surface area contributed by atoms with Gasteiger partial charge in [0.15, 0.2) is 0 Å². The van der Waals surface area contributed by atoms with Gasteiger partial charge in [0, 0.05) is 30.0 Å². The summed E-state index contributed by atoms with van der Waals surface area (Å²) in [5.41, 5.74) is 1.29. The number of fused-ring (bicyclic) bond motifs is 2. The van der Waals surface area contributed by atoms with Gasteiger partial charge in [-0.2, -0.15) is 0 Å². The highest BCUT2D eigenvalue weighted by Crippen LogP contribution is 2.53. The summed E-state index contributed by atoms with van der Waals surface area (Å²) in [4.78, 5) is 6.32. The third-order valence-corrected chi connectivity index (χ3v) is 6.14. The third kappa shape index (κ3) is 3.49. The Labute approximate surface area is 132 Å². The maximum absolute atomic E-state index is 5.35. The zero-order chi connectivity index (χ0) is 15.0. The van der Waals surface area contributed by atoms with Crippen LogP contribution < -0.4 is 5.32 Å². The zero-order valence-corrected chi connectivity index (χ0v) is 14.6. The summed E-state index contributed by atoms with van der Waals surface area (Å²) in [5.74, 6) is 2.61. The van der Waals surface area contributed by atoms with Gasteiger partial charge in [-0.25, -0.2) is 4.98 Å². The highest BCUT2D eigenvalue weighted by Gasteiger charge is 2.41. The molecule has 0 aliphatic heterocycles. The molecule has 2 aliphatic carbocycles. The lowest BCUT2D eigenvalue weighted by molar-refractivity contribution is 0.180. The van der Waals surface area contributed by atoms with Crippen molar-refractivity contribution >= 4 is 11.3 Å². The van der Waals surface area contributed by atoms with Gasteiger partial charge in [0.1, 0.15) is 0 Å². The first kappa shape index (κ1) is 15.4. The van der Waals surface area contributed by atoms with Crippen LogP contribution >= 0.6 is 11.3 Å². The molecule has 2 bridgehead atoms. The van der Waals surface area contributed by atoms with Crippen LogP contribution in [0.4, 0.5) is 0 Å². The van der Waals surface area contributed by atoms with E-state index in [1.54, 1.807) is 7.11 Å². The van der Waals surface area contributed by atoms with Gasteiger partial charge in [0.05, 0.1) is 17.3 Å². The Hall–Kier alpha value is -0.450. The van der Waals surface area contributed by atoms with Crippen molar-refractivity contribution < 1.29 is 4.74 Å². The van der Waals surface area contributed by atoms with Gasteiger partial charge in [-0.3, -0.25) is 0 Å². The minimum absolute atomic E-state index is 0.140. The molecular weight excluding hydrogens is 280 g/mol. The second-order valence-electron chi connectivity index (χ2n) is 7.74. The van der Waals surface area contributed by atoms with Crippen molar-refractivity contribution in [3.05, 3.63) is 15.6 Å². The van der Waals surface area contributed by atoms with Crippen LogP contribution in [0.3, 0.4) is 0 Å². The quantitative estimate of drug-likeness (QED) is 0.890. The normalized spacial score (nSPS) is 28.5. The van der Waals surface area contributed by atoms with E-state index >= 15 is 0 Å². The second-order valence-corrected chi connectivity index (χ2v) is 8.86. The molecule has 1 heterocycles. The van der Waals surface area contributed by atoms with Crippen molar-refractivity contribution in [3.8, 4) is 0 Å². The van der Waals surface area contributed by atoms with Crippen molar-refractivity contribution in [2.45, 2.75) is 71.1 Å². The molecule has 3 rings (SSSR count). The van der Waals surface area contributed by atoms with Gasteiger partial charge in [0.25, 0.3) is 0 Å². The Morgan fingerprint density at radius 3 is 2.67 bits per heavy atom. The van der Waals surface area contributed by atoms with E-state index in [4.69, 9.17) is 9.72 Å². The number of aromatic nitrogens is 1. The number of hydrogen-bond acceptors (Lipinski definition) is 4. The Morgan fingerprint density at radius 2 is 2.10 bits per heavy atom. The molecule has 0 spiro atoms. The molecule has 21 heavy (non-hydrogen) atoms. The third-order valence-electron chi connectivity index (χ3n) is 4.91. The van der Waals surface area contributed by atoms with E-state index in [0.717, 1.165) is 30.0 Å².